The largest absolute Gasteiger partial charge is 0.490 e. The predicted molar refractivity (Wildman–Crippen MR) is 146 cm³/mol. The van der Waals surface area contributed by atoms with Gasteiger partial charge in [-0.15, -0.1) is 0 Å². The van der Waals surface area contributed by atoms with Crippen LogP contribution in [0, 0.1) is 0 Å². The van der Waals surface area contributed by atoms with Crippen LogP contribution >= 0.6 is 0 Å². The second kappa shape index (κ2) is 13.9. The topological polar surface area (TPSA) is 115 Å². The molecular formula is C28H40N4O4. The lowest BCUT2D eigenvalue weighted by molar-refractivity contribution is 0.105. The van der Waals surface area contributed by atoms with Gasteiger partial charge in [-0.2, -0.15) is 0 Å². The van der Waals surface area contributed by atoms with Crippen molar-refractivity contribution in [3.8, 4) is 11.5 Å². The molecule has 4 rings (SSSR count). The molecule has 0 saturated heterocycles. The lowest BCUT2D eigenvalue weighted by atomic mass is 10.2. The third-order valence-electron chi connectivity index (χ3n) is 5.50. The van der Waals surface area contributed by atoms with Crippen molar-refractivity contribution in [3.63, 3.8) is 0 Å². The van der Waals surface area contributed by atoms with Gasteiger partial charge in [-0.05, 0) is 36.4 Å². The van der Waals surface area contributed by atoms with Crippen LogP contribution in [0.4, 0.5) is 0 Å². The van der Waals surface area contributed by atoms with Crippen LogP contribution in [0.25, 0.3) is 21.8 Å². The molecular weight excluding hydrogens is 456 g/mol. The maximum Gasteiger partial charge on any atom is 0.128 e. The number of aliphatic hydroxyl groups excluding tert-OH is 2. The summed E-state index contributed by atoms with van der Waals surface area (Å²) in [6.07, 6.45) is 2.77. The summed E-state index contributed by atoms with van der Waals surface area (Å²) in [5, 5.41) is 28.0. The van der Waals surface area contributed by atoms with Crippen LogP contribution in [0.3, 0.4) is 0 Å². The first-order valence-corrected chi connectivity index (χ1v) is 12.5. The number of benzene rings is 2. The Bertz CT molecular complexity index is 1080. The van der Waals surface area contributed by atoms with Crippen LogP contribution in [0.15, 0.2) is 60.9 Å². The minimum absolute atomic E-state index is 0.296. The van der Waals surface area contributed by atoms with E-state index in [4.69, 9.17) is 9.47 Å². The maximum absolute atomic E-state index is 9.79. The van der Waals surface area contributed by atoms with Crippen LogP contribution in [0.2, 0.25) is 0 Å². The molecule has 36 heavy (non-hydrogen) atoms. The third-order valence-corrected chi connectivity index (χ3v) is 5.50. The van der Waals surface area contributed by atoms with E-state index in [-0.39, 0.29) is 0 Å². The molecule has 0 amide bonds. The fourth-order valence-corrected chi connectivity index (χ4v) is 3.60. The van der Waals surface area contributed by atoms with Gasteiger partial charge in [-0.25, -0.2) is 0 Å². The number of fused-ring (bicyclic) bond motifs is 2. The van der Waals surface area contributed by atoms with Crippen molar-refractivity contribution in [3.05, 3.63) is 60.9 Å². The van der Waals surface area contributed by atoms with Gasteiger partial charge in [0.1, 0.15) is 36.9 Å². The molecule has 0 saturated carbocycles. The highest BCUT2D eigenvalue weighted by molar-refractivity contribution is 5.86. The lowest BCUT2D eigenvalue weighted by Crippen LogP contribution is -2.35. The Kier molecular flexibility index (Phi) is 10.6. The molecule has 6 N–H and O–H groups in total. The highest BCUT2D eigenvalue weighted by atomic mass is 16.5. The van der Waals surface area contributed by atoms with Crippen molar-refractivity contribution >= 4 is 21.8 Å². The van der Waals surface area contributed by atoms with E-state index in [2.05, 4.69) is 20.6 Å². The standard InChI is InChI=1S/2C14H20N2O2/c2*1-10(2)16-8-11(17)9-18-14-5-3-4-13-12(14)6-7-15-13/h2*3-7,10-11,15-17H,8-9H2,1-2H3. The van der Waals surface area contributed by atoms with Gasteiger partial charge in [0.05, 0.1) is 0 Å². The Morgan fingerprint density at radius 2 is 1.08 bits per heavy atom. The van der Waals surface area contributed by atoms with Crippen molar-refractivity contribution in [1.29, 1.82) is 0 Å². The molecule has 196 valence electrons. The molecule has 8 nitrogen and oxygen atoms in total. The molecule has 2 atom stereocenters. The number of aliphatic hydroxyl groups is 2. The Morgan fingerprint density at radius 1 is 0.667 bits per heavy atom. The zero-order valence-electron chi connectivity index (χ0n) is 21.6. The van der Waals surface area contributed by atoms with Gasteiger partial charge in [0.25, 0.3) is 0 Å². The normalized spacial score (nSPS) is 13.1. The molecule has 0 aliphatic rings. The van der Waals surface area contributed by atoms with Gasteiger partial charge >= 0.3 is 0 Å². The highest BCUT2D eigenvalue weighted by Crippen LogP contribution is 2.25. The number of rotatable bonds is 12. The SMILES string of the molecule is CC(C)NCC(O)COc1cccc2[nH]ccc12.CC(C)NCC(O)COc1cccc2[nH]ccc12. The maximum atomic E-state index is 9.79. The molecule has 2 heterocycles. The monoisotopic (exact) mass is 496 g/mol. The third kappa shape index (κ3) is 8.57. The molecule has 0 spiro atoms. The fourth-order valence-electron chi connectivity index (χ4n) is 3.60. The summed E-state index contributed by atoms with van der Waals surface area (Å²) >= 11 is 0. The number of H-pyrrole nitrogens is 2. The minimum atomic E-state index is -0.499. The second-order valence-electron chi connectivity index (χ2n) is 9.45. The Labute approximate surface area is 213 Å². The summed E-state index contributed by atoms with van der Waals surface area (Å²) in [6, 6.07) is 16.4. The minimum Gasteiger partial charge on any atom is -0.490 e. The predicted octanol–water partition coefficient (Wildman–Crippen LogP) is 3.81. The van der Waals surface area contributed by atoms with E-state index in [0.717, 1.165) is 33.3 Å². The van der Waals surface area contributed by atoms with Crippen LogP contribution in [0.1, 0.15) is 27.7 Å². The molecule has 0 fully saturated rings. The van der Waals surface area contributed by atoms with Crippen molar-refractivity contribution in [1.82, 2.24) is 20.6 Å². The fraction of sp³-hybridized carbons (Fsp3) is 0.429. The van der Waals surface area contributed by atoms with Crippen LogP contribution in [-0.4, -0.2) is 70.8 Å². The first kappa shape index (κ1) is 27.5. The van der Waals surface area contributed by atoms with Gasteiger partial charge in [0.2, 0.25) is 0 Å². The van der Waals surface area contributed by atoms with Crippen LogP contribution < -0.4 is 20.1 Å². The van der Waals surface area contributed by atoms with Crippen molar-refractivity contribution in [2.45, 2.75) is 52.0 Å². The quantitative estimate of drug-likeness (QED) is 0.178. The van der Waals surface area contributed by atoms with E-state index < -0.39 is 12.2 Å². The van der Waals surface area contributed by atoms with E-state index in [1.54, 1.807) is 0 Å². The molecule has 4 aromatic rings. The first-order chi connectivity index (χ1) is 17.3. The molecule has 2 aromatic carbocycles. The summed E-state index contributed by atoms with van der Waals surface area (Å²) in [5.74, 6) is 1.61. The van der Waals surface area contributed by atoms with Gasteiger partial charge in [0, 0.05) is 59.4 Å². The van der Waals surface area contributed by atoms with Gasteiger partial charge in [-0.3, -0.25) is 0 Å². The highest BCUT2D eigenvalue weighted by Gasteiger charge is 2.09. The van der Waals surface area contributed by atoms with E-state index in [1.807, 2.05) is 88.6 Å². The Morgan fingerprint density at radius 3 is 1.47 bits per heavy atom. The van der Waals surface area contributed by atoms with Crippen LogP contribution in [-0.2, 0) is 0 Å². The summed E-state index contributed by atoms with van der Waals surface area (Å²) in [5.41, 5.74) is 2.09. The van der Waals surface area contributed by atoms with E-state index in [9.17, 15) is 10.2 Å². The molecule has 2 aromatic heterocycles. The number of aromatic amines is 2. The van der Waals surface area contributed by atoms with E-state index >= 15 is 0 Å². The number of hydrogen-bond donors (Lipinski definition) is 6. The summed E-state index contributed by atoms with van der Waals surface area (Å²) < 4.78 is 11.3. The van der Waals surface area contributed by atoms with Gasteiger partial charge in [0.15, 0.2) is 0 Å². The molecule has 0 aliphatic heterocycles. The Balaban J connectivity index is 0.000000201. The zero-order valence-corrected chi connectivity index (χ0v) is 21.6. The second-order valence-corrected chi connectivity index (χ2v) is 9.45. The molecule has 0 bridgehead atoms. The molecule has 8 heteroatoms. The molecule has 2 unspecified atom stereocenters. The smallest absolute Gasteiger partial charge is 0.128 e. The molecule has 0 aliphatic carbocycles. The number of aromatic nitrogens is 2. The van der Waals surface area contributed by atoms with Crippen molar-refractivity contribution in [2.75, 3.05) is 26.3 Å². The summed E-state index contributed by atoms with van der Waals surface area (Å²) in [7, 11) is 0. The van der Waals surface area contributed by atoms with Crippen LogP contribution in [0.5, 0.6) is 11.5 Å². The van der Waals surface area contributed by atoms with Gasteiger partial charge in [-0.1, -0.05) is 39.8 Å². The average molecular weight is 497 g/mol. The van der Waals surface area contributed by atoms with E-state index in [0.29, 0.717) is 38.4 Å². The molecule has 0 radical (unpaired) electrons. The summed E-state index contributed by atoms with van der Waals surface area (Å²) in [4.78, 5) is 6.27. The average Bonchev–Trinajstić information content (AvgIpc) is 3.54. The number of hydrogen-bond acceptors (Lipinski definition) is 6. The summed E-state index contributed by atoms with van der Waals surface area (Å²) in [6.45, 7) is 9.88. The number of ether oxygens (including phenoxy) is 2. The van der Waals surface area contributed by atoms with E-state index in [1.165, 1.54) is 0 Å². The van der Waals surface area contributed by atoms with Crippen molar-refractivity contribution in [2.24, 2.45) is 0 Å². The number of nitrogens with one attached hydrogen (secondary N) is 4. The first-order valence-electron chi connectivity index (χ1n) is 12.5. The Hall–Kier alpha value is -3.04. The van der Waals surface area contributed by atoms with Crippen molar-refractivity contribution < 1.29 is 19.7 Å². The zero-order chi connectivity index (χ0) is 25.9. The van der Waals surface area contributed by atoms with Gasteiger partial charge < -0.3 is 40.3 Å². The lowest BCUT2D eigenvalue weighted by Gasteiger charge is -2.15.